The fourth-order valence-electron chi connectivity index (χ4n) is 1.60. The first-order chi connectivity index (χ1) is 9.51. The maximum Gasteiger partial charge on any atom is 0.175 e. The third kappa shape index (κ3) is 3.20. The largest absolute Gasteiger partial charge is 0.456 e. The van der Waals surface area contributed by atoms with Gasteiger partial charge >= 0.3 is 0 Å². The average Bonchev–Trinajstić information content (AvgIpc) is 2.37. The number of oxime groups is 1. The van der Waals surface area contributed by atoms with E-state index in [9.17, 15) is 4.39 Å². The van der Waals surface area contributed by atoms with E-state index in [1.807, 2.05) is 0 Å². The van der Waals surface area contributed by atoms with Crippen LogP contribution in [0.2, 0.25) is 5.02 Å². The van der Waals surface area contributed by atoms with Crippen LogP contribution in [0.3, 0.4) is 0 Å². The molecular formula is C13H9BrClFN2O2. The van der Waals surface area contributed by atoms with Crippen molar-refractivity contribution in [2.45, 2.75) is 0 Å². The first-order valence-corrected chi connectivity index (χ1v) is 6.58. The summed E-state index contributed by atoms with van der Waals surface area (Å²) in [6.45, 7) is 0. The summed E-state index contributed by atoms with van der Waals surface area (Å²) < 4.78 is 19.4. The molecule has 0 bridgehead atoms. The number of ether oxygens (including phenoxy) is 1. The summed E-state index contributed by atoms with van der Waals surface area (Å²) in [5.74, 6) is -0.140. The molecule has 0 saturated carbocycles. The molecule has 0 spiro atoms. The highest BCUT2D eigenvalue weighted by Crippen LogP contribution is 2.31. The van der Waals surface area contributed by atoms with E-state index in [2.05, 4.69) is 21.1 Å². The van der Waals surface area contributed by atoms with Crippen LogP contribution in [0.5, 0.6) is 11.5 Å². The summed E-state index contributed by atoms with van der Waals surface area (Å²) in [5, 5.41) is 11.9. The molecular weight excluding hydrogens is 351 g/mol. The van der Waals surface area contributed by atoms with Crippen molar-refractivity contribution in [3.05, 3.63) is 57.3 Å². The number of hydrogen-bond donors (Lipinski definition) is 2. The van der Waals surface area contributed by atoms with Gasteiger partial charge in [0.1, 0.15) is 17.3 Å². The van der Waals surface area contributed by atoms with E-state index in [1.54, 1.807) is 24.3 Å². The lowest BCUT2D eigenvalue weighted by Gasteiger charge is -2.12. The fourth-order valence-corrected chi connectivity index (χ4v) is 2.31. The second-order valence-electron chi connectivity index (χ2n) is 3.81. The van der Waals surface area contributed by atoms with Crippen LogP contribution in [0, 0.1) is 5.82 Å². The van der Waals surface area contributed by atoms with E-state index in [0.717, 1.165) is 0 Å². The first-order valence-electron chi connectivity index (χ1n) is 5.41. The molecule has 4 nitrogen and oxygen atoms in total. The number of benzene rings is 2. The van der Waals surface area contributed by atoms with Gasteiger partial charge < -0.3 is 15.7 Å². The van der Waals surface area contributed by atoms with Crippen LogP contribution in [0.4, 0.5) is 4.39 Å². The lowest BCUT2D eigenvalue weighted by Crippen LogP contribution is -2.14. The monoisotopic (exact) mass is 358 g/mol. The Morgan fingerprint density at radius 2 is 2.10 bits per heavy atom. The molecule has 0 fully saturated rings. The molecule has 104 valence electrons. The van der Waals surface area contributed by atoms with E-state index in [4.69, 9.17) is 27.3 Å². The fraction of sp³-hybridized carbons (Fsp3) is 0. The van der Waals surface area contributed by atoms with Gasteiger partial charge in [-0.3, -0.25) is 0 Å². The minimum Gasteiger partial charge on any atom is -0.456 e. The molecule has 0 aliphatic carbocycles. The Balaban J connectivity index is 2.46. The maximum absolute atomic E-state index is 13.3. The van der Waals surface area contributed by atoms with Crippen molar-refractivity contribution < 1.29 is 14.3 Å². The summed E-state index contributed by atoms with van der Waals surface area (Å²) in [6.07, 6.45) is 0. The van der Waals surface area contributed by atoms with Gasteiger partial charge in [0.05, 0.1) is 10.6 Å². The molecule has 20 heavy (non-hydrogen) atoms. The Bertz CT molecular complexity index is 659. The van der Waals surface area contributed by atoms with Crippen LogP contribution in [0.1, 0.15) is 5.56 Å². The van der Waals surface area contributed by atoms with E-state index >= 15 is 0 Å². The highest BCUT2D eigenvalue weighted by molar-refractivity contribution is 9.10. The third-order valence-corrected chi connectivity index (χ3v) is 3.18. The molecule has 2 aromatic rings. The number of hydrogen-bond acceptors (Lipinski definition) is 3. The molecule has 2 aromatic carbocycles. The van der Waals surface area contributed by atoms with Crippen molar-refractivity contribution in [1.29, 1.82) is 0 Å². The van der Waals surface area contributed by atoms with Crippen molar-refractivity contribution in [3.8, 4) is 11.5 Å². The van der Waals surface area contributed by atoms with Crippen molar-refractivity contribution in [3.63, 3.8) is 0 Å². The predicted molar refractivity (Wildman–Crippen MR) is 78.1 cm³/mol. The van der Waals surface area contributed by atoms with Crippen LogP contribution in [-0.2, 0) is 0 Å². The summed E-state index contributed by atoms with van der Waals surface area (Å²) in [5.41, 5.74) is 5.79. The summed E-state index contributed by atoms with van der Waals surface area (Å²) in [6, 6.07) is 8.89. The normalized spacial score (nSPS) is 11.4. The second-order valence-corrected chi connectivity index (χ2v) is 5.13. The minimum absolute atomic E-state index is 0.193. The Kier molecular flexibility index (Phi) is 4.46. The highest BCUT2D eigenvalue weighted by atomic mass is 79.9. The third-order valence-electron chi connectivity index (χ3n) is 2.40. The molecule has 0 saturated heterocycles. The summed E-state index contributed by atoms with van der Waals surface area (Å²) in [7, 11) is 0. The molecule has 7 heteroatoms. The van der Waals surface area contributed by atoms with E-state index < -0.39 is 5.82 Å². The van der Waals surface area contributed by atoms with Crippen LogP contribution in [0.15, 0.2) is 46.0 Å². The number of rotatable bonds is 3. The molecule has 0 amide bonds. The van der Waals surface area contributed by atoms with Crippen molar-refractivity contribution in [2.24, 2.45) is 10.9 Å². The average molecular weight is 360 g/mol. The van der Waals surface area contributed by atoms with Crippen molar-refractivity contribution in [2.75, 3.05) is 0 Å². The van der Waals surface area contributed by atoms with E-state index in [-0.39, 0.29) is 27.9 Å². The van der Waals surface area contributed by atoms with Crippen LogP contribution < -0.4 is 10.5 Å². The van der Waals surface area contributed by atoms with Gasteiger partial charge in [-0.2, -0.15) is 0 Å². The zero-order valence-electron chi connectivity index (χ0n) is 9.98. The molecule has 0 unspecified atom stereocenters. The van der Waals surface area contributed by atoms with Crippen LogP contribution in [-0.4, -0.2) is 11.0 Å². The van der Waals surface area contributed by atoms with Crippen LogP contribution >= 0.6 is 27.5 Å². The molecule has 0 atom stereocenters. The Labute approximate surface area is 127 Å². The smallest absolute Gasteiger partial charge is 0.175 e. The summed E-state index contributed by atoms with van der Waals surface area (Å²) >= 11 is 9.16. The maximum atomic E-state index is 13.3. The van der Waals surface area contributed by atoms with Gasteiger partial charge in [0.25, 0.3) is 0 Å². The number of halogens is 3. The van der Waals surface area contributed by atoms with Gasteiger partial charge in [-0.15, -0.1) is 0 Å². The Morgan fingerprint density at radius 3 is 2.75 bits per heavy atom. The van der Waals surface area contributed by atoms with Gasteiger partial charge in [0.15, 0.2) is 5.84 Å². The van der Waals surface area contributed by atoms with Gasteiger partial charge in [-0.1, -0.05) is 38.8 Å². The standard InChI is InChI=1S/C13H9BrClFN2O2/c14-7-4-8(16)6-9(5-7)20-11-3-1-2-10(15)12(11)13(17)18-19/h1-6,19H,(H2,17,18). The molecule has 3 N–H and O–H groups in total. The zero-order chi connectivity index (χ0) is 14.7. The SMILES string of the molecule is N/C(=N/O)c1c(Cl)cccc1Oc1cc(F)cc(Br)c1. The van der Waals surface area contributed by atoms with Gasteiger partial charge in [-0.25, -0.2) is 4.39 Å². The zero-order valence-corrected chi connectivity index (χ0v) is 12.3. The molecule has 0 aliphatic heterocycles. The van der Waals surface area contributed by atoms with E-state index in [1.165, 1.54) is 12.1 Å². The lowest BCUT2D eigenvalue weighted by molar-refractivity contribution is 0.318. The topological polar surface area (TPSA) is 67.8 Å². The Hall–Kier alpha value is -1.79. The minimum atomic E-state index is -0.457. The molecule has 0 aromatic heterocycles. The highest BCUT2D eigenvalue weighted by Gasteiger charge is 2.14. The number of nitrogens with two attached hydrogens (primary N) is 1. The lowest BCUT2D eigenvalue weighted by atomic mass is 10.2. The molecule has 0 heterocycles. The van der Waals surface area contributed by atoms with Gasteiger partial charge in [0.2, 0.25) is 0 Å². The molecule has 0 aliphatic rings. The second kappa shape index (κ2) is 6.11. The number of nitrogens with zero attached hydrogens (tertiary/aromatic N) is 1. The van der Waals surface area contributed by atoms with Crippen molar-refractivity contribution >= 4 is 33.4 Å². The van der Waals surface area contributed by atoms with Crippen LogP contribution in [0.25, 0.3) is 0 Å². The first kappa shape index (κ1) is 14.6. The summed E-state index contributed by atoms with van der Waals surface area (Å²) in [4.78, 5) is 0. The van der Waals surface area contributed by atoms with Gasteiger partial charge in [0, 0.05) is 10.5 Å². The van der Waals surface area contributed by atoms with Crippen molar-refractivity contribution in [1.82, 2.24) is 0 Å². The molecule has 0 radical (unpaired) electrons. The number of amidine groups is 1. The Morgan fingerprint density at radius 1 is 1.35 bits per heavy atom. The molecule has 2 rings (SSSR count). The quantitative estimate of drug-likeness (QED) is 0.375. The van der Waals surface area contributed by atoms with E-state index in [0.29, 0.717) is 4.47 Å². The predicted octanol–water partition coefficient (Wildman–Crippen LogP) is 4.13. The van der Waals surface area contributed by atoms with Gasteiger partial charge in [-0.05, 0) is 24.3 Å².